The molecule has 32 heavy (non-hydrogen) atoms. The quantitative estimate of drug-likeness (QED) is 0.391. The molecular formula is C25H24Cl2N4O. The molecule has 4 aromatic rings. The highest BCUT2D eigenvalue weighted by molar-refractivity contribution is 6.36. The zero-order valence-corrected chi connectivity index (χ0v) is 19.2. The molecule has 7 heteroatoms. The molecule has 5 nitrogen and oxygen atoms in total. The lowest BCUT2D eigenvalue weighted by atomic mass is 9.94. The van der Waals surface area contributed by atoms with Crippen molar-refractivity contribution >= 4 is 45.0 Å². The minimum atomic E-state index is -0.0347. The second-order valence-corrected chi connectivity index (χ2v) is 9.16. The summed E-state index contributed by atoms with van der Waals surface area (Å²) >= 11 is 12.7. The van der Waals surface area contributed by atoms with Gasteiger partial charge in [-0.2, -0.15) is 0 Å². The molecule has 164 valence electrons. The molecule has 0 amide bonds. The number of hydrogen-bond acceptors (Lipinski definition) is 4. The number of rotatable bonds is 6. The molecule has 1 aliphatic carbocycles. The van der Waals surface area contributed by atoms with Crippen molar-refractivity contribution in [1.82, 2.24) is 19.9 Å². The Hall–Kier alpha value is -2.47. The monoisotopic (exact) mass is 466 g/mol. The summed E-state index contributed by atoms with van der Waals surface area (Å²) in [4.78, 5) is 21.9. The Balaban J connectivity index is 1.20. The lowest BCUT2D eigenvalue weighted by molar-refractivity contribution is 0.568. The number of benzene rings is 2. The van der Waals surface area contributed by atoms with Crippen molar-refractivity contribution in [3.63, 3.8) is 0 Å². The van der Waals surface area contributed by atoms with E-state index in [1.807, 2.05) is 0 Å². The molecule has 2 aromatic heterocycles. The molecule has 0 aliphatic heterocycles. The van der Waals surface area contributed by atoms with Gasteiger partial charge in [-0.1, -0.05) is 35.3 Å². The standard InChI is InChI=1S/C25H24Cl2N4O/c26-17-7-9-20-22(13-17)29-15-31(25(20)32)11-3-10-28-14-16-6-8-19-23(12-16)30-21-5-2-1-4-18(21)24(19)27/h6-9,12-13,15,28H,1-5,10-11,14H2. The molecule has 0 saturated heterocycles. The molecular weight excluding hydrogens is 443 g/mol. The largest absolute Gasteiger partial charge is 0.313 e. The van der Waals surface area contributed by atoms with E-state index < -0.39 is 0 Å². The predicted octanol–water partition coefficient (Wildman–Crippen LogP) is 5.31. The fourth-order valence-corrected chi connectivity index (χ4v) is 4.95. The van der Waals surface area contributed by atoms with Crippen molar-refractivity contribution < 1.29 is 0 Å². The first-order chi connectivity index (χ1) is 15.6. The highest BCUT2D eigenvalue weighted by Gasteiger charge is 2.17. The van der Waals surface area contributed by atoms with Gasteiger partial charge >= 0.3 is 0 Å². The maximum absolute atomic E-state index is 12.6. The fourth-order valence-electron chi connectivity index (χ4n) is 4.42. The third-order valence-electron chi connectivity index (χ3n) is 6.13. The highest BCUT2D eigenvalue weighted by Crippen LogP contribution is 2.33. The molecule has 1 N–H and O–H groups in total. The molecule has 2 aromatic carbocycles. The molecule has 5 rings (SSSR count). The van der Waals surface area contributed by atoms with Gasteiger partial charge in [-0.05, 0) is 74.0 Å². The van der Waals surface area contributed by atoms with Crippen LogP contribution >= 0.6 is 23.2 Å². The summed E-state index contributed by atoms with van der Waals surface area (Å²) in [5.41, 5.74) is 5.14. The van der Waals surface area contributed by atoms with E-state index in [0.29, 0.717) is 22.5 Å². The third-order valence-corrected chi connectivity index (χ3v) is 6.79. The summed E-state index contributed by atoms with van der Waals surface area (Å²) < 4.78 is 1.66. The molecule has 0 atom stereocenters. The predicted molar refractivity (Wildman–Crippen MR) is 131 cm³/mol. The second kappa shape index (κ2) is 9.18. The van der Waals surface area contributed by atoms with Gasteiger partial charge in [0.25, 0.3) is 5.56 Å². The Morgan fingerprint density at radius 3 is 2.75 bits per heavy atom. The van der Waals surface area contributed by atoms with Gasteiger partial charge in [0, 0.05) is 29.2 Å². The molecule has 2 heterocycles. The van der Waals surface area contributed by atoms with E-state index in [9.17, 15) is 4.79 Å². The number of nitrogens with zero attached hydrogens (tertiary/aromatic N) is 3. The molecule has 0 radical (unpaired) electrons. The van der Waals surface area contributed by atoms with E-state index >= 15 is 0 Å². The van der Waals surface area contributed by atoms with Crippen LogP contribution in [0.15, 0.2) is 47.5 Å². The van der Waals surface area contributed by atoms with Gasteiger partial charge < -0.3 is 5.32 Å². The molecule has 1 aliphatic rings. The number of halogens is 2. The SMILES string of the molecule is O=c1c2ccc(Cl)cc2ncn1CCCNCc1ccc2c(Cl)c3c(nc2c1)CCCC3. The summed E-state index contributed by atoms with van der Waals surface area (Å²) in [5, 5.41) is 6.55. The lowest BCUT2D eigenvalue weighted by Gasteiger charge is -2.18. The Kier molecular flexibility index (Phi) is 6.13. The normalized spacial score (nSPS) is 13.6. The summed E-state index contributed by atoms with van der Waals surface area (Å²) in [6.45, 7) is 2.15. The first-order valence-corrected chi connectivity index (χ1v) is 11.8. The average Bonchev–Trinajstić information content (AvgIpc) is 2.80. The van der Waals surface area contributed by atoms with Crippen LogP contribution in [0.4, 0.5) is 0 Å². The Morgan fingerprint density at radius 2 is 1.84 bits per heavy atom. The van der Waals surface area contributed by atoms with Crippen LogP contribution in [0, 0.1) is 0 Å². The van der Waals surface area contributed by atoms with Gasteiger partial charge in [-0.25, -0.2) is 4.98 Å². The van der Waals surface area contributed by atoms with Crippen LogP contribution in [0.3, 0.4) is 0 Å². The van der Waals surface area contributed by atoms with Crippen LogP contribution in [-0.4, -0.2) is 21.1 Å². The number of hydrogen-bond donors (Lipinski definition) is 1. The first-order valence-electron chi connectivity index (χ1n) is 11.1. The fraction of sp³-hybridized carbons (Fsp3) is 0.320. The van der Waals surface area contributed by atoms with Crippen molar-refractivity contribution in [3.05, 3.63) is 79.9 Å². The number of aryl methyl sites for hydroxylation is 2. The summed E-state index contributed by atoms with van der Waals surface area (Å²) in [6, 6.07) is 11.5. The summed E-state index contributed by atoms with van der Waals surface area (Å²) in [5.74, 6) is 0. The Labute approximate surface area is 196 Å². The highest BCUT2D eigenvalue weighted by atomic mass is 35.5. The second-order valence-electron chi connectivity index (χ2n) is 8.34. The van der Waals surface area contributed by atoms with Crippen molar-refractivity contribution in [2.75, 3.05) is 6.54 Å². The molecule has 0 saturated carbocycles. The van der Waals surface area contributed by atoms with E-state index in [2.05, 4.69) is 28.5 Å². The number of nitrogens with one attached hydrogen (secondary N) is 1. The van der Waals surface area contributed by atoms with Crippen molar-refractivity contribution in [1.29, 1.82) is 0 Å². The average molecular weight is 467 g/mol. The van der Waals surface area contributed by atoms with Gasteiger partial charge in [0.15, 0.2) is 0 Å². The summed E-state index contributed by atoms with van der Waals surface area (Å²) in [6.07, 6.45) is 6.85. The van der Waals surface area contributed by atoms with Crippen LogP contribution in [0.25, 0.3) is 21.8 Å². The van der Waals surface area contributed by atoms with Gasteiger partial charge in [-0.15, -0.1) is 0 Å². The number of pyridine rings is 1. The van der Waals surface area contributed by atoms with Crippen LogP contribution in [0.1, 0.15) is 36.1 Å². The van der Waals surface area contributed by atoms with Crippen molar-refractivity contribution in [2.45, 2.75) is 45.2 Å². The van der Waals surface area contributed by atoms with E-state index in [1.54, 1.807) is 29.1 Å². The van der Waals surface area contributed by atoms with Crippen LogP contribution in [0.2, 0.25) is 10.0 Å². The van der Waals surface area contributed by atoms with Gasteiger partial charge in [0.2, 0.25) is 0 Å². The summed E-state index contributed by atoms with van der Waals surface area (Å²) in [7, 11) is 0. The third kappa shape index (κ3) is 4.25. The minimum Gasteiger partial charge on any atom is -0.313 e. The molecule has 0 unspecified atom stereocenters. The van der Waals surface area contributed by atoms with Crippen LogP contribution < -0.4 is 10.9 Å². The number of fused-ring (bicyclic) bond motifs is 3. The van der Waals surface area contributed by atoms with E-state index in [-0.39, 0.29) is 5.56 Å². The Morgan fingerprint density at radius 1 is 1.00 bits per heavy atom. The van der Waals surface area contributed by atoms with Crippen LogP contribution in [0.5, 0.6) is 0 Å². The van der Waals surface area contributed by atoms with Gasteiger partial charge in [0.05, 0.1) is 27.8 Å². The van der Waals surface area contributed by atoms with Crippen molar-refractivity contribution in [3.8, 4) is 0 Å². The number of aromatic nitrogens is 3. The van der Waals surface area contributed by atoms with E-state index in [4.69, 9.17) is 28.2 Å². The Bertz CT molecular complexity index is 1370. The molecule has 0 fully saturated rings. The topological polar surface area (TPSA) is 59.8 Å². The molecule has 0 spiro atoms. The van der Waals surface area contributed by atoms with Gasteiger partial charge in [-0.3, -0.25) is 14.3 Å². The molecule has 0 bridgehead atoms. The minimum absolute atomic E-state index is 0.0347. The van der Waals surface area contributed by atoms with Crippen molar-refractivity contribution in [2.24, 2.45) is 0 Å². The zero-order chi connectivity index (χ0) is 22.1. The van der Waals surface area contributed by atoms with E-state index in [0.717, 1.165) is 54.0 Å². The van der Waals surface area contributed by atoms with Gasteiger partial charge in [0.1, 0.15) is 0 Å². The smallest absolute Gasteiger partial charge is 0.261 e. The maximum Gasteiger partial charge on any atom is 0.261 e. The first kappa shape index (κ1) is 21.4. The van der Waals surface area contributed by atoms with Crippen LogP contribution in [-0.2, 0) is 25.9 Å². The lowest BCUT2D eigenvalue weighted by Crippen LogP contribution is -2.23. The van der Waals surface area contributed by atoms with E-state index in [1.165, 1.54) is 24.0 Å². The maximum atomic E-state index is 12.6. The zero-order valence-electron chi connectivity index (χ0n) is 17.7.